The molecule has 0 aliphatic rings. The van der Waals surface area contributed by atoms with Crippen LogP contribution in [0.25, 0.3) is 10.1 Å². The summed E-state index contributed by atoms with van der Waals surface area (Å²) in [5, 5.41) is 4.25. The molecule has 96 valence electrons. The fraction of sp³-hybridized carbons (Fsp3) is 0.0667. The standard InChI is InChI=1S/C15H9Br2ClS/c16-9-5-6-11(13(18)7-9)15(17)12-8-19-14-4-2-1-3-10(12)14/h1-8,15H. The van der Waals surface area contributed by atoms with Crippen LogP contribution in [0.1, 0.15) is 16.0 Å². The molecule has 0 aliphatic heterocycles. The highest BCUT2D eigenvalue weighted by Crippen LogP contribution is 2.41. The van der Waals surface area contributed by atoms with E-state index in [1.54, 1.807) is 11.3 Å². The van der Waals surface area contributed by atoms with Crippen molar-refractivity contribution in [3.05, 3.63) is 68.5 Å². The molecule has 0 N–H and O–H groups in total. The van der Waals surface area contributed by atoms with Gasteiger partial charge in [0.2, 0.25) is 0 Å². The van der Waals surface area contributed by atoms with Gasteiger partial charge in [0.25, 0.3) is 0 Å². The van der Waals surface area contributed by atoms with Gasteiger partial charge in [0, 0.05) is 14.2 Å². The van der Waals surface area contributed by atoms with E-state index < -0.39 is 0 Å². The molecule has 2 aromatic carbocycles. The Kier molecular flexibility index (Phi) is 3.99. The maximum atomic E-state index is 6.34. The summed E-state index contributed by atoms with van der Waals surface area (Å²) < 4.78 is 2.30. The van der Waals surface area contributed by atoms with Gasteiger partial charge in [-0.2, -0.15) is 0 Å². The van der Waals surface area contributed by atoms with E-state index in [2.05, 4.69) is 67.6 Å². The summed E-state index contributed by atoms with van der Waals surface area (Å²) >= 11 is 15.3. The minimum absolute atomic E-state index is 0.115. The lowest BCUT2D eigenvalue weighted by Crippen LogP contribution is -1.92. The van der Waals surface area contributed by atoms with Crippen LogP contribution < -0.4 is 0 Å². The predicted molar refractivity (Wildman–Crippen MR) is 91.7 cm³/mol. The van der Waals surface area contributed by atoms with Gasteiger partial charge in [-0.1, -0.05) is 67.7 Å². The minimum atomic E-state index is 0.115. The second-order valence-electron chi connectivity index (χ2n) is 4.22. The molecule has 1 heterocycles. The van der Waals surface area contributed by atoms with Crippen molar-refractivity contribution >= 4 is 64.9 Å². The average molecular weight is 417 g/mol. The Morgan fingerprint density at radius 2 is 1.84 bits per heavy atom. The molecule has 0 spiro atoms. The van der Waals surface area contributed by atoms with Gasteiger partial charge in [-0.25, -0.2) is 0 Å². The van der Waals surface area contributed by atoms with Crippen LogP contribution in [-0.4, -0.2) is 0 Å². The molecule has 1 unspecified atom stereocenters. The van der Waals surface area contributed by atoms with E-state index in [1.165, 1.54) is 15.6 Å². The van der Waals surface area contributed by atoms with Crippen molar-refractivity contribution in [2.45, 2.75) is 4.83 Å². The van der Waals surface area contributed by atoms with Crippen molar-refractivity contribution in [3.63, 3.8) is 0 Å². The summed E-state index contributed by atoms with van der Waals surface area (Å²) in [5.74, 6) is 0. The van der Waals surface area contributed by atoms with Gasteiger partial charge < -0.3 is 0 Å². The zero-order valence-electron chi connectivity index (χ0n) is 9.74. The third-order valence-corrected chi connectivity index (χ3v) is 5.81. The summed E-state index contributed by atoms with van der Waals surface area (Å²) in [5.41, 5.74) is 2.36. The first-order valence-electron chi connectivity index (χ1n) is 5.72. The predicted octanol–water partition coefficient (Wildman–Crippen LogP) is 6.80. The molecule has 1 atom stereocenters. The number of halogens is 3. The van der Waals surface area contributed by atoms with Gasteiger partial charge in [0.05, 0.1) is 4.83 Å². The zero-order valence-corrected chi connectivity index (χ0v) is 14.5. The molecule has 1 aromatic heterocycles. The molecular weight excluding hydrogens is 407 g/mol. The Balaban J connectivity index is 2.10. The third kappa shape index (κ3) is 2.62. The van der Waals surface area contributed by atoms with E-state index in [9.17, 15) is 0 Å². The van der Waals surface area contributed by atoms with Crippen molar-refractivity contribution in [1.29, 1.82) is 0 Å². The van der Waals surface area contributed by atoms with Crippen LogP contribution in [-0.2, 0) is 0 Å². The van der Waals surface area contributed by atoms with Crippen LogP contribution in [0.3, 0.4) is 0 Å². The molecule has 0 nitrogen and oxygen atoms in total. The van der Waals surface area contributed by atoms with Crippen LogP contribution in [0, 0.1) is 0 Å². The molecule has 0 amide bonds. The molecule has 3 rings (SSSR count). The highest BCUT2D eigenvalue weighted by Gasteiger charge is 2.17. The van der Waals surface area contributed by atoms with E-state index in [4.69, 9.17) is 11.6 Å². The van der Waals surface area contributed by atoms with Crippen molar-refractivity contribution < 1.29 is 0 Å². The minimum Gasteiger partial charge on any atom is -0.143 e. The lowest BCUT2D eigenvalue weighted by atomic mass is 10.0. The van der Waals surface area contributed by atoms with Gasteiger partial charge in [0.1, 0.15) is 0 Å². The fourth-order valence-electron chi connectivity index (χ4n) is 2.07. The highest BCUT2D eigenvalue weighted by molar-refractivity contribution is 9.10. The first kappa shape index (κ1) is 13.6. The van der Waals surface area contributed by atoms with Crippen molar-refractivity contribution in [3.8, 4) is 0 Å². The Morgan fingerprint density at radius 3 is 2.63 bits per heavy atom. The molecule has 0 radical (unpaired) electrons. The van der Waals surface area contributed by atoms with Gasteiger partial charge in [-0.3, -0.25) is 0 Å². The van der Waals surface area contributed by atoms with Crippen molar-refractivity contribution in [2.75, 3.05) is 0 Å². The molecule has 0 fully saturated rings. The highest BCUT2D eigenvalue weighted by atomic mass is 79.9. The van der Waals surface area contributed by atoms with Crippen LogP contribution in [0.5, 0.6) is 0 Å². The molecule has 0 aliphatic carbocycles. The van der Waals surface area contributed by atoms with Crippen LogP contribution in [0.2, 0.25) is 5.02 Å². The number of rotatable bonds is 2. The summed E-state index contributed by atoms with van der Waals surface area (Å²) in [6.45, 7) is 0. The molecule has 0 saturated carbocycles. The molecule has 19 heavy (non-hydrogen) atoms. The number of thiophene rings is 1. The van der Waals surface area contributed by atoms with Crippen molar-refractivity contribution in [2.24, 2.45) is 0 Å². The second-order valence-corrected chi connectivity index (χ2v) is 7.37. The summed E-state index contributed by atoms with van der Waals surface area (Å²) in [4.78, 5) is 0.115. The Morgan fingerprint density at radius 1 is 1.05 bits per heavy atom. The normalized spacial score (nSPS) is 12.8. The summed E-state index contributed by atoms with van der Waals surface area (Å²) in [6.07, 6.45) is 0. The first-order chi connectivity index (χ1) is 9.16. The molecular formula is C15H9Br2ClS. The first-order valence-corrected chi connectivity index (χ1v) is 8.68. The molecule has 0 saturated heterocycles. The third-order valence-electron chi connectivity index (χ3n) is 3.02. The lowest BCUT2D eigenvalue weighted by Gasteiger charge is -2.12. The Hall–Kier alpha value is -0.350. The Bertz CT molecular complexity index is 736. The monoisotopic (exact) mass is 414 g/mol. The molecule has 4 heteroatoms. The lowest BCUT2D eigenvalue weighted by molar-refractivity contribution is 1.21. The molecule has 0 bridgehead atoms. The Labute approximate surface area is 137 Å². The van der Waals surface area contributed by atoms with E-state index in [1.807, 2.05) is 12.1 Å². The fourth-order valence-corrected chi connectivity index (χ4v) is 4.92. The molecule has 3 aromatic rings. The number of hydrogen-bond donors (Lipinski definition) is 0. The van der Waals surface area contributed by atoms with Crippen molar-refractivity contribution in [1.82, 2.24) is 0 Å². The maximum absolute atomic E-state index is 6.34. The quantitative estimate of drug-likeness (QED) is 0.403. The largest absolute Gasteiger partial charge is 0.143 e. The van der Waals surface area contributed by atoms with Crippen LogP contribution in [0.4, 0.5) is 0 Å². The van der Waals surface area contributed by atoms with E-state index in [0.717, 1.165) is 15.1 Å². The van der Waals surface area contributed by atoms with Gasteiger partial charge in [-0.05, 0) is 40.1 Å². The second kappa shape index (κ2) is 5.57. The van der Waals surface area contributed by atoms with Gasteiger partial charge >= 0.3 is 0 Å². The average Bonchev–Trinajstić information content (AvgIpc) is 2.82. The number of fused-ring (bicyclic) bond motifs is 1. The topological polar surface area (TPSA) is 0 Å². The number of hydrogen-bond acceptors (Lipinski definition) is 1. The van der Waals surface area contributed by atoms with E-state index in [0.29, 0.717) is 0 Å². The summed E-state index contributed by atoms with van der Waals surface area (Å²) in [6, 6.07) is 14.4. The van der Waals surface area contributed by atoms with Crippen LogP contribution in [0.15, 0.2) is 52.3 Å². The summed E-state index contributed by atoms with van der Waals surface area (Å²) in [7, 11) is 0. The number of benzene rings is 2. The smallest absolute Gasteiger partial charge is 0.0673 e. The van der Waals surface area contributed by atoms with E-state index >= 15 is 0 Å². The number of alkyl halides is 1. The SMILES string of the molecule is Clc1cc(Br)ccc1C(Br)c1csc2ccccc12. The van der Waals surface area contributed by atoms with Gasteiger partial charge in [-0.15, -0.1) is 11.3 Å². The zero-order chi connectivity index (χ0) is 13.4. The maximum Gasteiger partial charge on any atom is 0.0673 e. The van der Waals surface area contributed by atoms with Crippen LogP contribution >= 0.6 is 54.8 Å². The van der Waals surface area contributed by atoms with E-state index in [-0.39, 0.29) is 4.83 Å². The van der Waals surface area contributed by atoms with Gasteiger partial charge in [0.15, 0.2) is 0 Å².